The maximum Gasteiger partial charge on any atom is 0.197 e. The fourth-order valence-corrected chi connectivity index (χ4v) is 2.44. The summed E-state index contributed by atoms with van der Waals surface area (Å²) in [6, 6.07) is 19.1. The first-order valence-electron chi connectivity index (χ1n) is 7.06. The standard InChI is InChI=1S/C19H16O2/c1-2-14-13-21-19(16-11-7-4-8-12-16)17(14)18(20)15-9-5-3-6-10-15/h3-13H,2H2,1H3. The van der Waals surface area contributed by atoms with Crippen LogP contribution in [0.2, 0.25) is 0 Å². The Balaban J connectivity index is 2.13. The molecule has 104 valence electrons. The zero-order chi connectivity index (χ0) is 14.7. The molecular weight excluding hydrogens is 260 g/mol. The minimum atomic E-state index is 0.0139. The van der Waals surface area contributed by atoms with E-state index in [1.54, 1.807) is 6.26 Å². The summed E-state index contributed by atoms with van der Waals surface area (Å²) < 4.78 is 5.69. The van der Waals surface area contributed by atoms with Gasteiger partial charge in [-0.25, -0.2) is 0 Å². The summed E-state index contributed by atoms with van der Waals surface area (Å²) in [6.45, 7) is 2.03. The third-order valence-corrected chi connectivity index (χ3v) is 3.55. The first-order valence-corrected chi connectivity index (χ1v) is 7.06. The maximum absolute atomic E-state index is 12.8. The summed E-state index contributed by atoms with van der Waals surface area (Å²) in [5, 5.41) is 0. The second-order valence-electron chi connectivity index (χ2n) is 4.88. The third kappa shape index (κ3) is 2.52. The average Bonchev–Trinajstić information content (AvgIpc) is 2.99. The molecule has 21 heavy (non-hydrogen) atoms. The van der Waals surface area contributed by atoms with Crippen molar-refractivity contribution in [1.82, 2.24) is 0 Å². The Kier molecular flexibility index (Phi) is 3.69. The van der Waals surface area contributed by atoms with Gasteiger partial charge in [-0.1, -0.05) is 67.6 Å². The second-order valence-corrected chi connectivity index (χ2v) is 4.88. The minimum absolute atomic E-state index is 0.0139. The van der Waals surface area contributed by atoms with Crippen LogP contribution < -0.4 is 0 Å². The van der Waals surface area contributed by atoms with Gasteiger partial charge in [-0.3, -0.25) is 4.79 Å². The van der Waals surface area contributed by atoms with Crippen molar-refractivity contribution >= 4 is 5.78 Å². The number of carbonyl (C=O) groups excluding carboxylic acids is 1. The highest BCUT2D eigenvalue weighted by molar-refractivity contribution is 6.13. The topological polar surface area (TPSA) is 30.2 Å². The Hall–Kier alpha value is -2.61. The van der Waals surface area contributed by atoms with Gasteiger partial charge in [0.2, 0.25) is 0 Å². The molecule has 0 atom stereocenters. The van der Waals surface area contributed by atoms with Crippen LogP contribution in [-0.4, -0.2) is 5.78 Å². The lowest BCUT2D eigenvalue weighted by Gasteiger charge is -2.05. The largest absolute Gasteiger partial charge is 0.463 e. The van der Waals surface area contributed by atoms with Gasteiger partial charge >= 0.3 is 0 Å². The van der Waals surface area contributed by atoms with Crippen molar-refractivity contribution in [2.24, 2.45) is 0 Å². The number of rotatable bonds is 4. The SMILES string of the molecule is CCc1coc(-c2ccccc2)c1C(=O)c1ccccc1. The van der Waals surface area contributed by atoms with Crippen molar-refractivity contribution < 1.29 is 9.21 Å². The lowest BCUT2D eigenvalue weighted by atomic mass is 9.96. The van der Waals surface area contributed by atoms with E-state index in [-0.39, 0.29) is 5.78 Å². The van der Waals surface area contributed by atoms with E-state index in [2.05, 4.69) is 0 Å². The summed E-state index contributed by atoms with van der Waals surface area (Å²) in [5.74, 6) is 0.668. The van der Waals surface area contributed by atoms with E-state index >= 15 is 0 Å². The van der Waals surface area contributed by atoms with E-state index in [0.29, 0.717) is 16.9 Å². The molecule has 0 spiro atoms. The van der Waals surface area contributed by atoms with Gasteiger partial charge in [-0.15, -0.1) is 0 Å². The minimum Gasteiger partial charge on any atom is -0.463 e. The van der Waals surface area contributed by atoms with Gasteiger partial charge in [0.15, 0.2) is 5.78 Å². The molecule has 0 bridgehead atoms. The van der Waals surface area contributed by atoms with Crippen molar-refractivity contribution in [3.05, 3.63) is 83.6 Å². The van der Waals surface area contributed by atoms with Crippen molar-refractivity contribution in [3.8, 4) is 11.3 Å². The quantitative estimate of drug-likeness (QED) is 0.644. The highest BCUT2D eigenvalue weighted by Crippen LogP contribution is 2.30. The van der Waals surface area contributed by atoms with Crippen LogP contribution in [0.5, 0.6) is 0 Å². The average molecular weight is 276 g/mol. The van der Waals surface area contributed by atoms with Gasteiger partial charge in [0.05, 0.1) is 11.8 Å². The Bertz CT molecular complexity index is 740. The van der Waals surface area contributed by atoms with Crippen molar-refractivity contribution in [3.63, 3.8) is 0 Å². The smallest absolute Gasteiger partial charge is 0.197 e. The molecule has 3 aromatic rings. The van der Waals surface area contributed by atoms with Crippen LogP contribution in [0.3, 0.4) is 0 Å². The van der Waals surface area contributed by atoms with Crippen LogP contribution in [-0.2, 0) is 6.42 Å². The van der Waals surface area contributed by atoms with Gasteiger partial charge < -0.3 is 4.42 Å². The highest BCUT2D eigenvalue weighted by Gasteiger charge is 2.21. The lowest BCUT2D eigenvalue weighted by molar-refractivity contribution is 0.103. The molecule has 2 aromatic carbocycles. The van der Waals surface area contributed by atoms with Crippen molar-refractivity contribution in [1.29, 1.82) is 0 Å². The molecule has 3 rings (SSSR count). The van der Waals surface area contributed by atoms with E-state index in [9.17, 15) is 4.79 Å². The van der Waals surface area contributed by atoms with Crippen LogP contribution in [0.25, 0.3) is 11.3 Å². The van der Waals surface area contributed by atoms with Crippen LogP contribution in [0.15, 0.2) is 71.3 Å². The molecule has 1 heterocycles. The molecule has 2 heteroatoms. The molecule has 0 saturated heterocycles. The zero-order valence-electron chi connectivity index (χ0n) is 11.9. The predicted octanol–water partition coefficient (Wildman–Crippen LogP) is 4.74. The van der Waals surface area contributed by atoms with Gasteiger partial charge in [-0.05, 0) is 6.42 Å². The molecule has 0 saturated carbocycles. The van der Waals surface area contributed by atoms with Gasteiger partial charge in [0.25, 0.3) is 0 Å². The summed E-state index contributed by atoms with van der Waals surface area (Å²) in [4.78, 5) is 12.8. The number of aryl methyl sites for hydroxylation is 1. The Labute approximate surface area is 124 Å². The summed E-state index contributed by atoms with van der Waals surface area (Å²) in [7, 11) is 0. The number of furan rings is 1. The number of carbonyl (C=O) groups is 1. The molecule has 0 fully saturated rings. The zero-order valence-corrected chi connectivity index (χ0v) is 11.9. The lowest BCUT2D eigenvalue weighted by Crippen LogP contribution is -2.04. The normalized spacial score (nSPS) is 10.5. The Morgan fingerprint density at radius 3 is 2.19 bits per heavy atom. The predicted molar refractivity (Wildman–Crippen MR) is 83.4 cm³/mol. The van der Waals surface area contributed by atoms with E-state index in [1.165, 1.54) is 0 Å². The first kappa shape index (κ1) is 13.4. The third-order valence-electron chi connectivity index (χ3n) is 3.55. The molecule has 1 aromatic heterocycles. The number of ketones is 1. The van der Waals surface area contributed by atoms with Crippen LogP contribution in [0.4, 0.5) is 0 Å². The van der Waals surface area contributed by atoms with Crippen molar-refractivity contribution in [2.75, 3.05) is 0 Å². The molecule has 0 N–H and O–H groups in total. The summed E-state index contributed by atoms with van der Waals surface area (Å²) >= 11 is 0. The number of hydrogen-bond acceptors (Lipinski definition) is 2. The molecule has 0 aliphatic rings. The van der Waals surface area contributed by atoms with E-state index in [1.807, 2.05) is 67.6 Å². The number of hydrogen-bond donors (Lipinski definition) is 0. The van der Waals surface area contributed by atoms with Crippen LogP contribution in [0, 0.1) is 0 Å². The molecule has 0 radical (unpaired) electrons. The summed E-state index contributed by atoms with van der Waals surface area (Å²) in [5.41, 5.74) is 3.24. The summed E-state index contributed by atoms with van der Waals surface area (Å²) in [6.07, 6.45) is 2.46. The van der Waals surface area contributed by atoms with E-state index < -0.39 is 0 Å². The van der Waals surface area contributed by atoms with Crippen LogP contribution >= 0.6 is 0 Å². The van der Waals surface area contributed by atoms with Crippen LogP contribution in [0.1, 0.15) is 28.4 Å². The highest BCUT2D eigenvalue weighted by atomic mass is 16.3. The fraction of sp³-hybridized carbons (Fsp3) is 0.105. The van der Waals surface area contributed by atoms with Gasteiger partial charge in [0, 0.05) is 16.7 Å². The monoisotopic (exact) mass is 276 g/mol. The molecule has 0 aliphatic heterocycles. The van der Waals surface area contributed by atoms with E-state index in [4.69, 9.17) is 4.42 Å². The molecule has 0 amide bonds. The first-order chi connectivity index (χ1) is 10.3. The van der Waals surface area contributed by atoms with Crippen molar-refractivity contribution in [2.45, 2.75) is 13.3 Å². The molecule has 0 aliphatic carbocycles. The molecule has 0 unspecified atom stereocenters. The fourth-order valence-electron chi connectivity index (χ4n) is 2.44. The maximum atomic E-state index is 12.8. The Morgan fingerprint density at radius 1 is 0.952 bits per heavy atom. The molecule has 2 nitrogen and oxygen atoms in total. The Morgan fingerprint density at radius 2 is 1.57 bits per heavy atom. The molecular formula is C19H16O2. The number of benzene rings is 2. The van der Waals surface area contributed by atoms with E-state index in [0.717, 1.165) is 17.5 Å². The second kappa shape index (κ2) is 5.80. The van der Waals surface area contributed by atoms with Gasteiger partial charge in [0.1, 0.15) is 5.76 Å². The van der Waals surface area contributed by atoms with Gasteiger partial charge in [-0.2, -0.15) is 0 Å².